The van der Waals surface area contributed by atoms with Gasteiger partial charge < -0.3 is 10.2 Å². The minimum atomic E-state index is 0.932. The van der Waals surface area contributed by atoms with Crippen molar-refractivity contribution in [2.45, 2.75) is 33.2 Å². The number of anilines is 2. The van der Waals surface area contributed by atoms with Gasteiger partial charge in [-0.15, -0.1) is 0 Å². The molecule has 1 aliphatic rings. The summed E-state index contributed by atoms with van der Waals surface area (Å²) in [5, 5.41) is 3.23. The molecule has 0 radical (unpaired) electrons. The van der Waals surface area contributed by atoms with E-state index < -0.39 is 0 Å². The summed E-state index contributed by atoms with van der Waals surface area (Å²) in [4.78, 5) is 2.47. The van der Waals surface area contributed by atoms with Crippen molar-refractivity contribution in [2.24, 2.45) is 0 Å². The number of nitrogens with zero attached hydrogens (tertiary/aromatic N) is 1. The highest BCUT2D eigenvalue weighted by Gasteiger charge is 2.18. The highest BCUT2D eigenvalue weighted by molar-refractivity contribution is 5.69. The van der Waals surface area contributed by atoms with Crippen LogP contribution in [-0.4, -0.2) is 13.6 Å². The topological polar surface area (TPSA) is 15.3 Å². The van der Waals surface area contributed by atoms with Crippen molar-refractivity contribution in [3.8, 4) is 0 Å². The summed E-state index contributed by atoms with van der Waals surface area (Å²) in [6.45, 7) is 6.43. The molecule has 2 nitrogen and oxygen atoms in total. The zero-order chi connectivity index (χ0) is 14.8. The van der Waals surface area contributed by atoms with Gasteiger partial charge >= 0.3 is 0 Å². The molecule has 0 atom stereocenters. The number of hydrogen-bond acceptors (Lipinski definition) is 2. The number of hydrogen-bond donors (Lipinski definition) is 1. The molecule has 0 saturated carbocycles. The van der Waals surface area contributed by atoms with E-state index in [9.17, 15) is 0 Å². The molecule has 0 bridgehead atoms. The van der Waals surface area contributed by atoms with Crippen LogP contribution in [0.4, 0.5) is 11.4 Å². The second-order valence-electron chi connectivity index (χ2n) is 6.03. The molecule has 0 saturated heterocycles. The van der Waals surface area contributed by atoms with Crippen LogP contribution in [0.2, 0.25) is 0 Å². The summed E-state index contributed by atoms with van der Waals surface area (Å²) in [6.07, 6.45) is 2.43. The summed E-state index contributed by atoms with van der Waals surface area (Å²) in [7, 11) is 2.00. The fourth-order valence-electron chi connectivity index (χ4n) is 3.23. The van der Waals surface area contributed by atoms with Gasteiger partial charge in [-0.1, -0.05) is 23.8 Å². The van der Waals surface area contributed by atoms with E-state index in [1.807, 2.05) is 7.05 Å². The minimum absolute atomic E-state index is 0.932. The van der Waals surface area contributed by atoms with Gasteiger partial charge in [-0.3, -0.25) is 0 Å². The molecule has 3 rings (SSSR count). The van der Waals surface area contributed by atoms with Crippen molar-refractivity contribution in [2.75, 3.05) is 18.5 Å². The predicted molar refractivity (Wildman–Crippen MR) is 90.4 cm³/mol. The van der Waals surface area contributed by atoms with E-state index in [1.165, 1.54) is 46.5 Å². The van der Waals surface area contributed by atoms with Crippen LogP contribution in [0.5, 0.6) is 0 Å². The molecule has 2 aromatic carbocycles. The van der Waals surface area contributed by atoms with Gasteiger partial charge in [0.2, 0.25) is 0 Å². The van der Waals surface area contributed by atoms with Crippen LogP contribution in [0.15, 0.2) is 36.4 Å². The van der Waals surface area contributed by atoms with Crippen molar-refractivity contribution in [3.05, 3.63) is 58.7 Å². The maximum absolute atomic E-state index is 3.23. The third-order valence-electron chi connectivity index (χ3n) is 4.36. The molecule has 21 heavy (non-hydrogen) atoms. The molecule has 2 heteroatoms. The summed E-state index contributed by atoms with van der Waals surface area (Å²) in [5.41, 5.74) is 8.28. The molecule has 1 heterocycles. The van der Waals surface area contributed by atoms with Crippen molar-refractivity contribution < 1.29 is 0 Å². The van der Waals surface area contributed by atoms with E-state index in [4.69, 9.17) is 0 Å². The molecule has 1 N–H and O–H groups in total. The third kappa shape index (κ3) is 2.81. The second kappa shape index (κ2) is 5.90. The Bertz CT molecular complexity index is 646. The summed E-state index contributed by atoms with van der Waals surface area (Å²) < 4.78 is 0. The second-order valence-corrected chi connectivity index (χ2v) is 6.03. The summed E-state index contributed by atoms with van der Waals surface area (Å²) >= 11 is 0. The van der Waals surface area contributed by atoms with E-state index in [2.05, 4.69) is 60.5 Å². The molecule has 0 unspecified atom stereocenters. The smallest absolute Gasteiger partial charge is 0.0443 e. The van der Waals surface area contributed by atoms with Gasteiger partial charge in [0.05, 0.1) is 0 Å². The van der Waals surface area contributed by atoms with Gasteiger partial charge in [-0.2, -0.15) is 0 Å². The summed E-state index contributed by atoms with van der Waals surface area (Å²) in [5.74, 6) is 0. The van der Waals surface area contributed by atoms with Gasteiger partial charge in [0.25, 0.3) is 0 Å². The van der Waals surface area contributed by atoms with E-state index >= 15 is 0 Å². The number of nitrogens with one attached hydrogen (secondary N) is 1. The monoisotopic (exact) mass is 280 g/mol. The van der Waals surface area contributed by atoms with Gasteiger partial charge in [-0.25, -0.2) is 0 Å². The Morgan fingerprint density at radius 1 is 1.10 bits per heavy atom. The lowest BCUT2D eigenvalue weighted by atomic mass is 9.98. The molecule has 0 aliphatic carbocycles. The van der Waals surface area contributed by atoms with E-state index in [0.29, 0.717) is 0 Å². The van der Waals surface area contributed by atoms with Gasteiger partial charge in [-0.05, 0) is 68.6 Å². The van der Waals surface area contributed by atoms with Crippen LogP contribution >= 0.6 is 0 Å². The van der Waals surface area contributed by atoms with Gasteiger partial charge in [0.1, 0.15) is 0 Å². The van der Waals surface area contributed by atoms with E-state index in [1.54, 1.807) is 0 Å². The predicted octanol–water partition coefficient (Wildman–Crippen LogP) is 4.11. The number of fused-ring (bicyclic) bond motifs is 1. The first-order chi connectivity index (χ1) is 10.2. The number of aryl methyl sites for hydroxylation is 3. The van der Waals surface area contributed by atoms with Crippen LogP contribution in [-0.2, 0) is 13.0 Å². The molecule has 0 amide bonds. The zero-order valence-corrected chi connectivity index (χ0v) is 13.2. The Kier molecular flexibility index (Phi) is 3.98. The summed E-state index contributed by atoms with van der Waals surface area (Å²) in [6, 6.07) is 13.7. The SMILES string of the molecule is CNCc1ccc(N2CCCc3cc(C)ccc32)cc1C. The Labute approximate surface area is 127 Å². The zero-order valence-electron chi connectivity index (χ0n) is 13.2. The molecular formula is C19H24N2. The Hall–Kier alpha value is -1.80. The highest BCUT2D eigenvalue weighted by atomic mass is 15.1. The van der Waals surface area contributed by atoms with E-state index in [0.717, 1.165) is 13.1 Å². The molecular weight excluding hydrogens is 256 g/mol. The van der Waals surface area contributed by atoms with E-state index in [-0.39, 0.29) is 0 Å². The molecule has 110 valence electrons. The lowest BCUT2D eigenvalue weighted by Gasteiger charge is -2.32. The average molecular weight is 280 g/mol. The Morgan fingerprint density at radius 3 is 2.71 bits per heavy atom. The lowest BCUT2D eigenvalue weighted by Crippen LogP contribution is -2.24. The minimum Gasteiger partial charge on any atom is -0.341 e. The van der Waals surface area contributed by atoms with Crippen LogP contribution in [0.25, 0.3) is 0 Å². The largest absolute Gasteiger partial charge is 0.341 e. The molecule has 0 spiro atoms. The molecule has 1 aliphatic heterocycles. The molecule has 0 fully saturated rings. The quantitative estimate of drug-likeness (QED) is 0.910. The molecule has 2 aromatic rings. The Balaban J connectivity index is 1.97. The normalized spacial score (nSPS) is 14.1. The van der Waals surface area contributed by atoms with Crippen molar-refractivity contribution in [1.82, 2.24) is 5.32 Å². The molecule has 0 aromatic heterocycles. The standard InChI is InChI=1S/C19H24N2/c1-14-6-9-19-16(11-14)5-4-10-21(19)18-8-7-17(13-20-3)15(2)12-18/h6-9,11-12,20H,4-5,10,13H2,1-3H3. The van der Waals surface area contributed by atoms with Crippen molar-refractivity contribution in [3.63, 3.8) is 0 Å². The highest BCUT2D eigenvalue weighted by Crippen LogP contribution is 2.34. The Morgan fingerprint density at radius 2 is 1.95 bits per heavy atom. The third-order valence-corrected chi connectivity index (χ3v) is 4.36. The number of rotatable bonds is 3. The first kappa shape index (κ1) is 14.2. The van der Waals surface area contributed by atoms with Crippen LogP contribution in [0, 0.1) is 13.8 Å². The van der Waals surface area contributed by atoms with Crippen LogP contribution in [0.3, 0.4) is 0 Å². The van der Waals surface area contributed by atoms with Gasteiger partial charge in [0, 0.05) is 24.5 Å². The first-order valence-corrected chi connectivity index (χ1v) is 7.80. The maximum atomic E-state index is 3.23. The van der Waals surface area contributed by atoms with Crippen molar-refractivity contribution >= 4 is 11.4 Å². The van der Waals surface area contributed by atoms with Crippen molar-refractivity contribution in [1.29, 1.82) is 0 Å². The first-order valence-electron chi connectivity index (χ1n) is 7.80. The fraction of sp³-hybridized carbons (Fsp3) is 0.368. The number of benzene rings is 2. The maximum Gasteiger partial charge on any atom is 0.0443 e. The fourth-order valence-corrected chi connectivity index (χ4v) is 3.23. The van der Waals surface area contributed by atoms with Crippen LogP contribution in [0.1, 0.15) is 28.7 Å². The lowest BCUT2D eigenvalue weighted by molar-refractivity contribution is 0.764. The van der Waals surface area contributed by atoms with Gasteiger partial charge in [0.15, 0.2) is 0 Å². The average Bonchev–Trinajstić information content (AvgIpc) is 2.48. The van der Waals surface area contributed by atoms with Crippen LogP contribution < -0.4 is 10.2 Å².